The van der Waals surface area contributed by atoms with Crippen LogP contribution >= 0.6 is 0 Å². The van der Waals surface area contributed by atoms with Crippen molar-refractivity contribution in [2.75, 3.05) is 0 Å². The molecule has 25 heavy (non-hydrogen) atoms. The lowest BCUT2D eigenvalue weighted by Gasteiger charge is -2.22. The van der Waals surface area contributed by atoms with Crippen LogP contribution in [0.5, 0.6) is 11.5 Å². The number of ether oxygens (including phenoxy) is 1. The van der Waals surface area contributed by atoms with Crippen LogP contribution in [0, 0.1) is 0 Å². The van der Waals surface area contributed by atoms with Crippen molar-refractivity contribution in [3.8, 4) is 11.5 Å². The first-order valence-electron chi connectivity index (χ1n) is 8.29. The number of rotatable bonds is 3. The molecular formula is C23H18O2. The van der Waals surface area contributed by atoms with Gasteiger partial charge < -0.3 is 9.84 Å². The lowest BCUT2D eigenvalue weighted by molar-refractivity contribution is 0.250. The first-order valence-corrected chi connectivity index (χ1v) is 8.29. The van der Waals surface area contributed by atoms with Crippen molar-refractivity contribution in [3.05, 3.63) is 101 Å². The largest absolute Gasteiger partial charge is 0.507 e. The van der Waals surface area contributed by atoms with Gasteiger partial charge in [0.25, 0.3) is 0 Å². The summed E-state index contributed by atoms with van der Waals surface area (Å²) in [4.78, 5) is 0. The van der Waals surface area contributed by atoms with E-state index < -0.39 is 0 Å². The van der Waals surface area contributed by atoms with Crippen LogP contribution < -0.4 is 4.74 Å². The van der Waals surface area contributed by atoms with Gasteiger partial charge in [-0.05, 0) is 41.0 Å². The Morgan fingerprint density at radius 3 is 2.24 bits per heavy atom. The third kappa shape index (κ3) is 3.33. The van der Waals surface area contributed by atoms with Gasteiger partial charge in [0.1, 0.15) is 17.6 Å². The van der Waals surface area contributed by atoms with E-state index in [1.165, 1.54) is 0 Å². The zero-order valence-corrected chi connectivity index (χ0v) is 13.7. The molecule has 3 aromatic carbocycles. The Labute approximate surface area is 147 Å². The summed E-state index contributed by atoms with van der Waals surface area (Å²) in [6.07, 6.45) is 7.76. The van der Waals surface area contributed by atoms with Crippen LogP contribution in [-0.2, 0) is 0 Å². The summed E-state index contributed by atoms with van der Waals surface area (Å²) in [5, 5.41) is 10.3. The second-order valence-electron chi connectivity index (χ2n) is 6.00. The summed E-state index contributed by atoms with van der Waals surface area (Å²) in [5.74, 6) is 0.928. The van der Waals surface area contributed by atoms with Crippen molar-refractivity contribution in [1.82, 2.24) is 0 Å². The molecule has 0 aliphatic carbocycles. The lowest BCUT2D eigenvalue weighted by atomic mass is 10.0. The third-order valence-corrected chi connectivity index (χ3v) is 4.23. The summed E-state index contributed by atoms with van der Waals surface area (Å²) in [7, 11) is 0. The SMILES string of the molecule is Oc1cc(/C=C/c2ccccc2)cc2c1C=CC(c1ccccc1)O2. The van der Waals surface area contributed by atoms with Gasteiger partial charge >= 0.3 is 0 Å². The maximum atomic E-state index is 10.3. The van der Waals surface area contributed by atoms with Gasteiger partial charge in [-0.15, -0.1) is 0 Å². The van der Waals surface area contributed by atoms with Gasteiger partial charge in [0.05, 0.1) is 5.56 Å². The second kappa shape index (κ2) is 6.70. The highest BCUT2D eigenvalue weighted by Gasteiger charge is 2.19. The minimum Gasteiger partial charge on any atom is -0.507 e. The number of aromatic hydroxyl groups is 1. The number of phenolic OH excluding ortho intramolecular Hbond substituents is 1. The molecule has 1 N–H and O–H groups in total. The Kier molecular flexibility index (Phi) is 4.09. The fourth-order valence-corrected chi connectivity index (χ4v) is 2.93. The molecule has 122 valence electrons. The monoisotopic (exact) mass is 326 g/mol. The van der Waals surface area contributed by atoms with E-state index in [0.29, 0.717) is 5.75 Å². The van der Waals surface area contributed by atoms with E-state index in [-0.39, 0.29) is 11.9 Å². The Morgan fingerprint density at radius 2 is 1.48 bits per heavy atom. The van der Waals surface area contributed by atoms with Crippen LogP contribution in [0.3, 0.4) is 0 Å². The van der Waals surface area contributed by atoms with E-state index in [1.807, 2.05) is 91.0 Å². The molecule has 4 rings (SSSR count). The summed E-state index contributed by atoms with van der Waals surface area (Å²) in [6.45, 7) is 0. The molecule has 1 aliphatic heterocycles. The first kappa shape index (κ1) is 15.3. The van der Waals surface area contributed by atoms with Crippen molar-refractivity contribution < 1.29 is 9.84 Å². The number of hydrogen-bond donors (Lipinski definition) is 1. The number of fused-ring (bicyclic) bond motifs is 1. The van der Waals surface area contributed by atoms with E-state index in [9.17, 15) is 5.11 Å². The Bertz CT molecular complexity index is 925. The van der Waals surface area contributed by atoms with Crippen LogP contribution in [-0.4, -0.2) is 5.11 Å². The number of hydrogen-bond acceptors (Lipinski definition) is 2. The normalized spacial score (nSPS) is 15.8. The molecule has 1 atom stereocenters. The fraction of sp³-hybridized carbons (Fsp3) is 0.0435. The molecule has 3 aromatic rings. The van der Waals surface area contributed by atoms with Gasteiger partial charge in [0.2, 0.25) is 0 Å². The quantitative estimate of drug-likeness (QED) is 0.625. The Balaban J connectivity index is 1.63. The average molecular weight is 326 g/mol. The summed E-state index contributed by atoms with van der Waals surface area (Å²) < 4.78 is 6.11. The molecule has 1 unspecified atom stereocenters. The topological polar surface area (TPSA) is 29.5 Å². The fourth-order valence-electron chi connectivity index (χ4n) is 2.93. The molecule has 0 saturated heterocycles. The van der Waals surface area contributed by atoms with Gasteiger partial charge in [-0.1, -0.05) is 72.8 Å². The first-order chi connectivity index (χ1) is 12.3. The predicted molar refractivity (Wildman–Crippen MR) is 102 cm³/mol. The highest BCUT2D eigenvalue weighted by atomic mass is 16.5. The van der Waals surface area contributed by atoms with E-state index in [2.05, 4.69) is 0 Å². The van der Waals surface area contributed by atoms with Gasteiger partial charge in [-0.3, -0.25) is 0 Å². The maximum absolute atomic E-state index is 10.3. The summed E-state index contributed by atoms with van der Waals surface area (Å²) in [5.41, 5.74) is 3.84. The van der Waals surface area contributed by atoms with Crippen LogP contribution in [0.1, 0.15) is 28.4 Å². The predicted octanol–water partition coefficient (Wildman–Crippen LogP) is 5.71. The zero-order chi connectivity index (χ0) is 17.1. The Hall–Kier alpha value is -3.26. The second-order valence-corrected chi connectivity index (χ2v) is 6.00. The molecule has 0 spiro atoms. The van der Waals surface area contributed by atoms with E-state index in [1.54, 1.807) is 6.07 Å². The highest BCUT2D eigenvalue weighted by molar-refractivity contribution is 5.75. The van der Waals surface area contributed by atoms with Gasteiger partial charge in [-0.2, -0.15) is 0 Å². The van der Waals surface area contributed by atoms with E-state index >= 15 is 0 Å². The smallest absolute Gasteiger partial charge is 0.142 e. The highest BCUT2D eigenvalue weighted by Crippen LogP contribution is 2.38. The van der Waals surface area contributed by atoms with Crippen LogP contribution in [0.4, 0.5) is 0 Å². The maximum Gasteiger partial charge on any atom is 0.142 e. The molecular weight excluding hydrogens is 308 g/mol. The summed E-state index contributed by atoms with van der Waals surface area (Å²) >= 11 is 0. The molecule has 0 fully saturated rings. The van der Waals surface area contributed by atoms with E-state index in [0.717, 1.165) is 22.3 Å². The molecule has 0 saturated carbocycles. The van der Waals surface area contributed by atoms with Gasteiger partial charge in [0.15, 0.2) is 0 Å². The minimum absolute atomic E-state index is 0.138. The molecule has 0 bridgehead atoms. The van der Waals surface area contributed by atoms with Crippen molar-refractivity contribution in [3.63, 3.8) is 0 Å². The third-order valence-electron chi connectivity index (χ3n) is 4.23. The van der Waals surface area contributed by atoms with Gasteiger partial charge in [0, 0.05) is 0 Å². The molecule has 0 aromatic heterocycles. The molecule has 1 aliphatic rings. The molecule has 0 amide bonds. The number of phenols is 1. The molecule has 0 radical (unpaired) electrons. The van der Waals surface area contributed by atoms with Crippen LogP contribution in [0.25, 0.3) is 18.2 Å². The molecule has 1 heterocycles. The van der Waals surface area contributed by atoms with Crippen molar-refractivity contribution in [2.24, 2.45) is 0 Å². The molecule has 2 nitrogen and oxygen atoms in total. The van der Waals surface area contributed by atoms with Crippen LogP contribution in [0.15, 0.2) is 78.9 Å². The van der Waals surface area contributed by atoms with Crippen LogP contribution in [0.2, 0.25) is 0 Å². The molecule has 2 heteroatoms. The minimum atomic E-state index is -0.138. The van der Waals surface area contributed by atoms with Crippen molar-refractivity contribution >= 4 is 18.2 Å². The van der Waals surface area contributed by atoms with Gasteiger partial charge in [-0.25, -0.2) is 0 Å². The van der Waals surface area contributed by atoms with E-state index in [4.69, 9.17) is 4.74 Å². The zero-order valence-electron chi connectivity index (χ0n) is 13.7. The lowest BCUT2D eigenvalue weighted by Crippen LogP contribution is -2.09. The summed E-state index contributed by atoms with van der Waals surface area (Å²) in [6, 6.07) is 23.9. The standard InChI is InChI=1S/C23H18O2/c24-21-15-18(12-11-17-7-3-1-4-8-17)16-23-20(21)13-14-22(25-23)19-9-5-2-6-10-19/h1-16,22,24H/b12-11+. The number of benzene rings is 3. The van der Waals surface area contributed by atoms with Crippen molar-refractivity contribution in [1.29, 1.82) is 0 Å². The van der Waals surface area contributed by atoms with Crippen molar-refractivity contribution in [2.45, 2.75) is 6.10 Å². The average Bonchev–Trinajstić information content (AvgIpc) is 2.67. The Morgan fingerprint density at radius 1 is 0.800 bits per heavy atom.